The molecule has 6 N–H and O–H groups in total. The molecule has 0 bridgehead atoms. The molecule has 0 aromatic heterocycles. The lowest BCUT2D eigenvalue weighted by Crippen LogP contribution is -2.39. The molecule has 2 aromatic rings. The van der Waals surface area contributed by atoms with Crippen LogP contribution in [0.25, 0.3) is 11.1 Å². The van der Waals surface area contributed by atoms with Crippen molar-refractivity contribution in [2.75, 3.05) is 13.1 Å². The van der Waals surface area contributed by atoms with E-state index in [4.69, 9.17) is 5.73 Å². The number of benzene rings is 2. The predicted octanol–water partition coefficient (Wildman–Crippen LogP) is 1.94. The fourth-order valence-electron chi connectivity index (χ4n) is 3.10. The van der Waals surface area contributed by atoms with E-state index in [0.717, 1.165) is 11.1 Å². The molecule has 170 valence electrons. The summed E-state index contributed by atoms with van der Waals surface area (Å²) in [4.78, 5) is 46.0. The Balaban J connectivity index is 1.86. The lowest BCUT2D eigenvalue weighted by molar-refractivity contribution is -0.138. The zero-order chi connectivity index (χ0) is 23.3. The quantitative estimate of drug-likeness (QED) is 0.320. The SMILES string of the molecule is NC(=O)NCCCCC(=O)NCC(=O)NC(CC(=O)O)c1ccc(-c2ccccc2)cc1. The van der Waals surface area contributed by atoms with Crippen LogP contribution in [0.1, 0.15) is 37.3 Å². The number of nitrogens with one attached hydrogen (secondary N) is 3. The highest BCUT2D eigenvalue weighted by molar-refractivity contribution is 5.85. The molecule has 0 radical (unpaired) electrons. The van der Waals surface area contributed by atoms with Gasteiger partial charge in [-0.2, -0.15) is 0 Å². The van der Waals surface area contributed by atoms with E-state index in [1.165, 1.54) is 0 Å². The number of hydrogen-bond donors (Lipinski definition) is 5. The number of carbonyl (C=O) groups is 4. The van der Waals surface area contributed by atoms with Crippen LogP contribution in [0.3, 0.4) is 0 Å². The highest BCUT2D eigenvalue weighted by Gasteiger charge is 2.18. The minimum absolute atomic E-state index is 0.202. The van der Waals surface area contributed by atoms with E-state index in [1.807, 2.05) is 42.5 Å². The van der Waals surface area contributed by atoms with Crippen molar-refractivity contribution >= 4 is 23.8 Å². The summed E-state index contributed by atoms with van der Waals surface area (Å²) in [5.74, 6) is -1.83. The number of unbranched alkanes of at least 4 members (excludes halogenated alkanes) is 1. The van der Waals surface area contributed by atoms with Gasteiger partial charge in [0.15, 0.2) is 0 Å². The third kappa shape index (κ3) is 8.86. The predicted molar refractivity (Wildman–Crippen MR) is 119 cm³/mol. The zero-order valence-electron chi connectivity index (χ0n) is 17.7. The number of primary amides is 1. The Morgan fingerprint density at radius 1 is 0.844 bits per heavy atom. The van der Waals surface area contributed by atoms with Gasteiger partial charge < -0.3 is 26.8 Å². The van der Waals surface area contributed by atoms with Crippen LogP contribution in [-0.4, -0.2) is 42.0 Å². The van der Waals surface area contributed by atoms with Crippen LogP contribution in [0.2, 0.25) is 0 Å². The first-order valence-electron chi connectivity index (χ1n) is 10.3. The molecule has 0 aliphatic carbocycles. The van der Waals surface area contributed by atoms with E-state index in [2.05, 4.69) is 16.0 Å². The van der Waals surface area contributed by atoms with Gasteiger partial charge in [0, 0.05) is 13.0 Å². The van der Waals surface area contributed by atoms with Crippen molar-refractivity contribution in [3.8, 4) is 11.1 Å². The van der Waals surface area contributed by atoms with Gasteiger partial charge in [0.2, 0.25) is 11.8 Å². The van der Waals surface area contributed by atoms with E-state index in [1.54, 1.807) is 12.1 Å². The maximum Gasteiger partial charge on any atom is 0.312 e. The minimum atomic E-state index is -1.05. The molecule has 9 nitrogen and oxygen atoms in total. The Morgan fingerprint density at radius 2 is 1.50 bits per heavy atom. The van der Waals surface area contributed by atoms with Crippen LogP contribution in [-0.2, 0) is 14.4 Å². The molecule has 1 atom stereocenters. The second-order valence-electron chi connectivity index (χ2n) is 7.23. The molecule has 2 aromatic carbocycles. The molecule has 0 saturated heterocycles. The number of urea groups is 1. The monoisotopic (exact) mass is 440 g/mol. The number of carboxylic acids is 1. The van der Waals surface area contributed by atoms with Crippen LogP contribution in [0.5, 0.6) is 0 Å². The Labute approximate surface area is 186 Å². The number of amides is 4. The summed E-state index contributed by atoms with van der Waals surface area (Å²) in [6.07, 6.45) is 1.04. The van der Waals surface area contributed by atoms with Crippen LogP contribution in [0.15, 0.2) is 54.6 Å². The van der Waals surface area contributed by atoms with Crippen molar-refractivity contribution in [2.45, 2.75) is 31.7 Å². The Kier molecular flexibility index (Phi) is 9.70. The topological polar surface area (TPSA) is 151 Å². The van der Waals surface area contributed by atoms with Gasteiger partial charge in [-0.1, -0.05) is 54.6 Å². The second-order valence-corrected chi connectivity index (χ2v) is 7.23. The van der Waals surface area contributed by atoms with Crippen molar-refractivity contribution < 1.29 is 24.3 Å². The van der Waals surface area contributed by atoms with Gasteiger partial charge in [0.05, 0.1) is 19.0 Å². The molecule has 32 heavy (non-hydrogen) atoms. The summed E-state index contributed by atoms with van der Waals surface area (Å²) in [5.41, 5.74) is 7.62. The minimum Gasteiger partial charge on any atom is -0.481 e. The molecule has 0 saturated carbocycles. The molecule has 0 aliphatic heterocycles. The number of carbonyl (C=O) groups excluding carboxylic acids is 3. The van der Waals surface area contributed by atoms with Crippen LogP contribution in [0.4, 0.5) is 4.79 Å². The van der Waals surface area contributed by atoms with Gasteiger partial charge in [-0.25, -0.2) is 4.79 Å². The number of carboxylic acid groups (broad SMARTS) is 1. The summed E-state index contributed by atoms with van der Waals surface area (Å²) < 4.78 is 0. The Bertz CT molecular complexity index is 916. The van der Waals surface area contributed by atoms with E-state index in [0.29, 0.717) is 24.9 Å². The Morgan fingerprint density at radius 3 is 2.12 bits per heavy atom. The third-order valence-electron chi connectivity index (χ3n) is 4.71. The molecule has 0 aliphatic rings. The molecular formula is C23H28N4O5. The number of nitrogens with two attached hydrogens (primary N) is 1. The van der Waals surface area contributed by atoms with E-state index >= 15 is 0 Å². The molecule has 0 spiro atoms. The van der Waals surface area contributed by atoms with Gasteiger partial charge >= 0.3 is 12.0 Å². The van der Waals surface area contributed by atoms with Crippen LogP contribution >= 0.6 is 0 Å². The molecular weight excluding hydrogens is 412 g/mol. The first-order valence-corrected chi connectivity index (χ1v) is 10.3. The van der Waals surface area contributed by atoms with Crippen molar-refractivity contribution in [3.63, 3.8) is 0 Å². The molecule has 2 rings (SSSR count). The normalized spacial score (nSPS) is 11.2. The van der Waals surface area contributed by atoms with Crippen molar-refractivity contribution in [3.05, 3.63) is 60.2 Å². The molecule has 4 amide bonds. The summed E-state index contributed by atoms with van der Waals surface area (Å²) in [6, 6.07) is 15.7. The van der Waals surface area contributed by atoms with E-state index in [-0.39, 0.29) is 25.3 Å². The van der Waals surface area contributed by atoms with Gasteiger partial charge in [-0.05, 0) is 29.5 Å². The van der Waals surface area contributed by atoms with E-state index in [9.17, 15) is 24.3 Å². The molecule has 0 fully saturated rings. The Hall–Kier alpha value is -3.88. The number of rotatable bonds is 12. The highest BCUT2D eigenvalue weighted by Crippen LogP contribution is 2.23. The molecule has 1 unspecified atom stereocenters. The third-order valence-corrected chi connectivity index (χ3v) is 4.71. The summed E-state index contributed by atoms with van der Waals surface area (Å²) >= 11 is 0. The number of aliphatic carboxylic acids is 1. The maximum atomic E-state index is 12.3. The van der Waals surface area contributed by atoms with Crippen molar-refractivity contribution in [1.82, 2.24) is 16.0 Å². The highest BCUT2D eigenvalue weighted by atomic mass is 16.4. The van der Waals surface area contributed by atoms with Gasteiger partial charge in [0.25, 0.3) is 0 Å². The average molecular weight is 441 g/mol. The number of hydrogen-bond acceptors (Lipinski definition) is 4. The van der Waals surface area contributed by atoms with Gasteiger partial charge in [-0.15, -0.1) is 0 Å². The fourth-order valence-corrected chi connectivity index (χ4v) is 3.10. The first kappa shape index (κ1) is 24.4. The molecule has 0 heterocycles. The lowest BCUT2D eigenvalue weighted by Gasteiger charge is -2.18. The van der Waals surface area contributed by atoms with Gasteiger partial charge in [-0.3, -0.25) is 14.4 Å². The van der Waals surface area contributed by atoms with Crippen molar-refractivity contribution in [1.29, 1.82) is 0 Å². The largest absolute Gasteiger partial charge is 0.481 e. The standard InChI is InChI=1S/C23H28N4O5/c24-23(32)25-13-5-4-8-20(28)26-15-21(29)27-19(14-22(30)31)18-11-9-17(10-12-18)16-6-2-1-3-7-16/h1-3,6-7,9-12,19H,4-5,8,13-15H2,(H,26,28)(H,27,29)(H,30,31)(H3,24,25,32). The zero-order valence-corrected chi connectivity index (χ0v) is 17.7. The maximum absolute atomic E-state index is 12.3. The average Bonchev–Trinajstić information content (AvgIpc) is 2.77. The van der Waals surface area contributed by atoms with Gasteiger partial charge in [0.1, 0.15) is 0 Å². The summed E-state index contributed by atoms with van der Waals surface area (Å²) in [5, 5.41) is 16.8. The smallest absolute Gasteiger partial charge is 0.312 e. The van der Waals surface area contributed by atoms with E-state index < -0.39 is 23.9 Å². The molecule has 9 heteroatoms. The summed E-state index contributed by atoms with van der Waals surface area (Å²) in [6.45, 7) is 0.125. The van der Waals surface area contributed by atoms with Crippen LogP contribution in [0, 0.1) is 0 Å². The lowest BCUT2D eigenvalue weighted by atomic mass is 9.99. The fraction of sp³-hybridized carbons (Fsp3) is 0.304. The van der Waals surface area contributed by atoms with Crippen molar-refractivity contribution in [2.24, 2.45) is 5.73 Å². The summed E-state index contributed by atoms with van der Waals surface area (Å²) in [7, 11) is 0. The van der Waals surface area contributed by atoms with Crippen LogP contribution < -0.4 is 21.7 Å². The second kappa shape index (κ2) is 12.7. The first-order chi connectivity index (χ1) is 15.3.